The summed E-state index contributed by atoms with van der Waals surface area (Å²) in [5, 5.41) is 0. The van der Waals surface area contributed by atoms with Crippen molar-refractivity contribution in [1.29, 1.82) is 0 Å². The largest absolute Gasteiger partial charge is 0.124 e. The predicted octanol–water partition coefficient (Wildman–Crippen LogP) is 7.28. The molecule has 120 valence electrons. The van der Waals surface area contributed by atoms with Gasteiger partial charge in [-0.05, 0) is 38.3 Å². The van der Waals surface area contributed by atoms with Crippen LogP contribution in [0.15, 0.2) is 59.8 Å². The summed E-state index contributed by atoms with van der Waals surface area (Å²) in [5.41, 5.74) is 5.17. The lowest BCUT2D eigenvalue weighted by atomic mass is 9.95. The average molecular weight is 289 g/mol. The molecular formula is C21H36. The highest BCUT2D eigenvalue weighted by Crippen LogP contribution is 2.22. The van der Waals surface area contributed by atoms with Gasteiger partial charge in [-0.1, -0.05) is 83.2 Å². The SMILES string of the molecule is C#C.C=C/C=C\C(C(C=C)=C(C)C)=C(\C)CC.CC.CC. The van der Waals surface area contributed by atoms with Crippen molar-refractivity contribution in [1.82, 2.24) is 0 Å². The normalized spacial score (nSPS) is 9.43. The molecule has 0 aromatic carbocycles. The molecule has 0 aliphatic rings. The van der Waals surface area contributed by atoms with Crippen LogP contribution in [0.1, 0.15) is 61.8 Å². The van der Waals surface area contributed by atoms with Crippen LogP contribution in [0.4, 0.5) is 0 Å². The van der Waals surface area contributed by atoms with Gasteiger partial charge >= 0.3 is 0 Å². The van der Waals surface area contributed by atoms with Crippen LogP contribution in [0.5, 0.6) is 0 Å². The topological polar surface area (TPSA) is 0 Å². The second-order valence-corrected chi connectivity index (χ2v) is 3.76. The minimum absolute atomic E-state index is 1.06. The fraction of sp³-hybridized carbons (Fsp3) is 0.429. The van der Waals surface area contributed by atoms with Crippen molar-refractivity contribution in [2.45, 2.75) is 61.8 Å². The van der Waals surface area contributed by atoms with Crippen molar-refractivity contribution in [2.24, 2.45) is 0 Å². The van der Waals surface area contributed by atoms with Gasteiger partial charge in [-0.15, -0.1) is 12.8 Å². The van der Waals surface area contributed by atoms with Crippen LogP contribution in [-0.2, 0) is 0 Å². The van der Waals surface area contributed by atoms with E-state index < -0.39 is 0 Å². The second-order valence-electron chi connectivity index (χ2n) is 3.76. The van der Waals surface area contributed by atoms with Crippen LogP contribution in [0.3, 0.4) is 0 Å². The molecule has 0 aromatic heterocycles. The van der Waals surface area contributed by atoms with E-state index in [9.17, 15) is 0 Å². The highest BCUT2D eigenvalue weighted by Gasteiger charge is 2.03. The molecule has 21 heavy (non-hydrogen) atoms. The smallest absolute Gasteiger partial charge is 0.0196 e. The van der Waals surface area contributed by atoms with E-state index in [0.717, 1.165) is 6.42 Å². The summed E-state index contributed by atoms with van der Waals surface area (Å²) in [6, 6.07) is 0. The third-order valence-corrected chi connectivity index (χ3v) is 2.42. The Morgan fingerprint density at radius 2 is 1.33 bits per heavy atom. The maximum Gasteiger partial charge on any atom is -0.0196 e. The quantitative estimate of drug-likeness (QED) is 0.368. The molecule has 0 spiro atoms. The number of hydrogen-bond acceptors (Lipinski definition) is 0. The molecule has 0 aliphatic heterocycles. The summed E-state index contributed by atoms with van der Waals surface area (Å²) < 4.78 is 0. The van der Waals surface area contributed by atoms with Crippen molar-refractivity contribution in [3.63, 3.8) is 0 Å². The number of hydrogen-bond donors (Lipinski definition) is 0. The highest BCUT2D eigenvalue weighted by molar-refractivity contribution is 5.50. The van der Waals surface area contributed by atoms with Gasteiger partial charge in [0.1, 0.15) is 0 Å². The Kier molecular flexibility index (Phi) is 30.7. The molecule has 0 aromatic rings. The van der Waals surface area contributed by atoms with Crippen molar-refractivity contribution < 1.29 is 0 Å². The van der Waals surface area contributed by atoms with Gasteiger partial charge in [-0.3, -0.25) is 0 Å². The molecule has 0 aliphatic carbocycles. The molecule has 0 amide bonds. The van der Waals surface area contributed by atoms with E-state index in [2.05, 4.69) is 59.8 Å². The van der Waals surface area contributed by atoms with E-state index in [1.165, 1.54) is 22.3 Å². The van der Waals surface area contributed by atoms with Gasteiger partial charge in [-0.2, -0.15) is 0 Å². The Morgan fingerprint density at radius 3 is 1.57 bits per heavy atom. The molecule has 0 radical (unpaired) electrons. The summed E-state index contributed by atoms with van der Waals surface area (Å²) >= 11 is 0. The Bertz CT molecular complexity index is 353. The van der Waals surface area contributed by atoms with Gasteiger partial charge in [-0.25, -0.2) is 0 Å². The third-order valence-electron chi connectivity index (χ3n) is 2.42. The molecule has 0 rings (SSSR count). The van der Waals surface area contributed by atoms with Gasteiger partial charge in [0, 0.05) is 0 Å². The van der Waals surface area contributed by atoms with Gasteiger partial charge in [0.25, 0.3) is 0 Å². The lowest BCUT2D eigenvalue weighted by Gasteiger charge is -2.10. The van der Waals surface area contributed by atoms with Gasteiger partial charge in [0.15, 0.2) is 0 Å². The average Bonchev–Trinajstić information content (AvgIpc) is 2.56. The van der Waals surface area contributed by atoms with Crippen molar-refractivity contribution >= 4 is 0 Å². The van der Waals surface area contributed by atoms with Gasteiger partial charge < -0.3 is 0 Å². The molecule has 0 N–H and O–H groups in total. The molecule has 0 saturated carbocycles. The Labute approximate surface area is 135 Å². The minimum Gasteiger partial charge on any atom is -0.124 e. The fourth-order valence-corrected chi connectivity index (χ4v) is 1.40. The van der Waals surface area contributed by atoms with Crippen molar-refractivity contribution in [2.75, 3.05) is 0 Å². The molecule has 0 heteroatoms. The standard InChI is InChI=1S/C15H22.2C2H6.C2H2/c1-7-10-11-15(13(6)8-2)14(9-3)12(4)5;3*1-2/h7,9-11H,1,3,8H2,2,4-6H3;2*1-2H3;1-2H/b11-10-,15-13+;;;. The van der Waals surface area contributed by atoms with Gasteiger partial charge in [0.2, 0.25) is 0 Å². The van der Waals surface area contributed by atoms with Crippen LogP contribution in [0.25, 0.3) is 0 Å². The zero-order chi connectivity index (χ0) is 17.8. The molecule has 0 saturated heterocycles. The monoisotopic (exact) mass is 288 g/mol. The lowest BCUT2D eigenvalue weighted by molar-refractivity contribution is 1.07. The van der Waals surface area contributed by atoms with E-state index in [1.54, 1.807) is 6.08 Å². The number of rotatable bonds is 5. The first-order chi connectivity index (χ1) is 10.1. The van der Waals surface area contributed by atoms with Crippen molar-refractivity contribution in [3.05, 3.63) is 59.8 Å². The van der Waals surface area contributed by atoms with E-state index in [0.29, 0.717) is 0 Å². The highest BCUT2D eigenvalue weighted by atomic mass is 14.1. The van der Waals surface area contributed by atoms with E-state index >= 15 is 0 Å². The van der Waals surface area contributed by atoms with Crippen molar-refractivity contribution in [3.8, 4) is 12.8 Å². The van der Waals surface area contributed by atoms with E-state index in [-0.39, 0.29) is 0 Å². The molecule has 0 atom stereocenters. The van der Waals surface area contributed by atoms with E-state index in [4.69, 9.17) is 0 Å². The Morgan fingerprint density at radius 1 is 0.905 bits per heavy atom. The van der Waals surface area contributed by atoms with Crippen LogP contribution < -0.4 is 0 Å². The summed E-state index contributed by atoms with van der Waals surface area (Å²) in [6.07, 6.45) is 16.9. The summed E-state index contributed by atoms with van der Waals surface area (Å²) in [7, 11) is 0. The zero-order valence-electron chi connectivity index (χ0n) is 15.6. The zero-order valence-corrected chi connectivity index (χ0v) is 15.6. The molecule has 0 fully saturated rings. The van der Waals surface area contributed by atoms with Gasteiger partial charge in [0.05, 0.1) is 0 Å². The minimum atomic E-state index is 1.06. The molecule has 0 heterocycles. The Hall–Kier alpha value is -1.74. The summed E-state index contributed by atoms with van der Waals surface area (Å²) in [5.74, 6) is 0. The van der Waals surface area contributed by atoms with Crippen LogP contribution in [0.2, 0.25) is 0 Å². The summed E-state index contributed by atoms with van der Waals surface area (Å²) in [6.45, 7) is 24.1. The van der Waals surface area contributed by atoms with E-state index in [1.807, 2.05) is 39.8 Å². The molecular weight excluding hydrogens is 252 g/mol. The second kappa shape index (κ2) is 23.4. The third kappa shape index (κ3) is 14.5. The molecule has 0 bridgehead atoms. The maximum absolute atomic E-state index is 4.00. The first-order valence-corrected chi connectivity index (χ1v) is 7.70. The summed E-state index contributed by atoms with van der Waals surface area (Å²) in [4.78, 5) is 0. The fourth-order valence-electron chi connectivity index (χ4n) is 1.40. The van der Waals surface area contributed by atoms with Crippen LogP contribution >= 0.6 is 0 Å². The Balaban J connectivity index is -0.000000212. The first kappa shape index (κ1) is 27.6. The lowest BCUT2D eigenvalue weighted by Crippen LogP contribution is -1.91. The predicted molar refractivity (Wildman–Crippen MR) is 103 cm³/mol. The van der Waals surface area contributed by atoms with Crippen LogP contribution in [0, 0.1) is 12.8 Å². The molecule has 0 unspecified atom stereocenters. The number of allylic oxidation sites excluding steroid dienone is 8. The van der Waals surface area contributed by atoms with Crippen LogP contribution in [-0.4, -0.2) is 0 Å². The molecule has 0 nitrogen and oxygen atoms in total. The maximum atomic E-state index is 4.00. The first-order valence-electron chi connectivity index (χ1n) is 7.70. The number of terminal acetylenes is 1.